The molecule has 1 saturated heterocycles. The summed E-state index contributed by atoms with van der Waals surface area (Å²) in [7, 11) is 0. The molecule has 2 heterocycles. The van der Waals surface area contributed by atoms with Gasteiger partial charge in [0.05, 0.1) is 18.0 Å². The van der Waals surface area contributed by atoms with Crippen molar-refractivity contribution in [2.24, 2.45) is 5.92 Å². The topological polar surface area (TPSA) is 88.1 Å². The van der Waals surface area contributed by atoms with Crippen LogP contribution in [-0.4, -0.2) is 27.6 Å². The standard InChI is InChI=1S/C19H25N5O2/c1-4-15-13(3)20-19(22-18(15)26)24-16(10-12(2)23-24)21-17(25)11-14-8-6-5-7-9-14/h5-10,13,15,19-20H,4,11H2,1-3H3,(H,21,25)(H,22,26). The molecule has 0 bridgehead atoms. The van der Waals surface area contributed by atoms with Crippen molar-refractivity contribution < 1.29 is 9.59 Å². The molecule has 1 fully saturated rings. The third-order valence-corrected chi connectivity index (χ3v) is 4.66. The summed E-state index contributed by atoms with van der Waals surface area (Å²) >= 11 is 0. The van der Waals surface area contributed by atoms with E-state index in [1.54, 1.807) is 10.7 Å². The van der Waals surface area contributed by atoms with Gasteiger partial charge in [0.15, 0.2) is 6.29 Å². The normalized spacial score (nSPS) is 22.7. The first-order valence-corrected chi connectivity index (χ1v) is 8.94. The molecule has 7 heteroatoms. The summed E-state index contributed by atoms with van der Waals surface area (Å²) in [6.45, 7) is 5.84. The van der Waals surface area contributed by atoms with Crippen LogP contribution < -0.4 is 16.0 Å². The molecule has 1 aliphatic rings. The van der Waals surface area contributed by atoms with Crippen LogP contribution in [0.4, 0.5) is 5.82 Å². The van der Waals surface area contributed by atoms with E-state index >= 15 is 0 Å². The quantitative estimate of drug-likeness (QED) is 0.765. The number of hydrogen-bond donors (Lipinski definition) is 3. The minimum atomic E-state index is -0.485. The first-order valence-electron chi connectivity index (χ1n) is 8.94. The lowest BCUT2D eigenvalue weighted by atomic mass is 9.95. The SMILES string of the molecule is CCC1C(=O)NC(n2nc(C)cc2NC(=O)Cc2ccccc2)NC1C. The summed E-state index contributed by atoms with van der Waals surface area (Å²) in [6, 6.07) is 11.4. The third-order valence-electron chi connectivity index (χ3n) is 4.66. The summed E-state index contributed by atoms with van der Waals surface area (Å²) in [5.74, 6) is 0.361. The summed E-state index contributed by atoms with van der Waals surface area (Å²) in [6.07, 6.45) is 0.566. The van der Waals surface area contributed by atoms with Gasteiger partial charge in [-0.2, -0.15) is 5.10 Å². The highest BCUT2D eigenvalue weighted by molar-refractivity contribution is 5.91. The van der Waals surface area contributed by atoms with Crippen molar-refractivity contribution in [2.45, 2.75) is 45.9 Å². The molecule has 2 aromatic rings. The number of carbonyl (C=O) groups is 2. The lowest BCUT2D eigenvalue weighted by molar-refractivity contribution is -0.130. The van der Waals surface area contributed by atoms with Crippen LogP contribution in [0.2, 0.25) is 0 Å². The maximum atomic E-state index is 12.4. The van der Waals surface area contributed by atoms with Crippen LogP contribution in [0.5, 0.6) is 0 Å². The van der Waals surface area contributed by atoms with E-state index in [2.05, 4.69) is 21.0 Å². The molecule has 0 radical (unpaired) electrons. The second kappa shape index (κ2) is 7.70. The fraction of sp³-hybridized carbons (Fsp3) is 0.421. The van der Waals surface area contributed by atoms with Crippen molar-refractivity contribution in [1.82, 2.24) is 20.4 Å². The van der Waals surface area contributed by atoms with Gasteiger partial charge in [0.1, 0.15) is 5.82 Å². The molecule has 7 nitrogen and oxygen atoms in total. The smallest absolute Gasteiger partial charge is 0.229 e. The number of aryl methyl sites for hydroxylation is 1. The average molecular weight is 355 g/mol. The number of hydrogen-bond acceptors (Lipinski definition) is 4. The molecule has 3 rings (SSSR count). The molecule has 1 aliphatic heterocycles. The monoisotopic (exact) mass is 355 g/mol. The van der Waals surface area contributed by atoms with Crippen LogP contribution >= 0.6 is 0 Å². The Kier molecular flexibility index (Phi) is 5.37. The third kappa shape index (κ3) is 3.94. The van der Waals surface area contributed by atoms with Gasteiger partial charge >= 0.3 is 0 Å². The maximum absolute atomic E-state index is 12.4. The predicted molar refractivity (Wildman–Crippen MR) is 99.3 cm³/mol. The van der Waals surface area contributed by atoms with Crippen LogP contribution in [0.15, 0.2) is 36.4 Å². The Morgan fingerprint density at radius 1 is 1.31 bits per heavy atom. The lowest BCUT2D eigenvalue weighted by Crippen LogP contribution is -2.57. The minimum Gasteiger partial charge on any atom is -0.322 e. The summed E-state index contributed by atoms with van der Waals surface area (Å²) in [5.41, 5.74) is 1.71. The molecule has 138 valence electrons. The highest BCUT2D eigenvalue weighted by Crippen LogP contribution is 2.21. The molecular weight excluding hydrogens is 330 g/mol. The van der Waals surface area contributed by atoms with Gasteiger partial charge in [-0.05, 0) is 25.8 Å². The molecule has 0 aliphatic carbocycles. The van der Waals surface area contributed by atoms with Crippen molar-refractivity contribution in [2.75, 3.05) is 5.32 Å². The zero-order valence-electron chi connectivity index (χ0n) is 15.3. The molecule has 1 aromatic heterocycles. The Morgan fingerprint density at radius 3 is 2.69 bits per heavy atom. The maximum Gasteiger partial charge on any atom is 0.229 e. The van der Waals surface area contributed by atoms with Crippen LogP contribution in [0.25, 0.3) is 0 Å². The fourth-order valence-electron chi connectivity index (χ4n) is 3.32. The van der Waals surface area contributed by atoms with Crippen molar-refractivity contribution in [1.29, 1.82) is 0 Å². The van der Waals surface area contributed by atoms with Crippen LogP contribution in [0.1, 0.15) is 37.8 Å². The van der Waals surface area contributed by atoms with E-state index in [4.69, 9.17) is 0 Å². The second-order valence-electron chi connectivity index (χ2n) is 6.71. The average Bonchev–Trinajstić information content (AvgIpc) is 2.95. The molecule has 1 aromatic carbocycles. The van der Waals surface area contributed by atoms with Gasteiger partial charge < -0.3 is 10.6 Å². The Bertz CT molecular complexity index is 786. The minimum absolute atomic E-state index is 0.00142. The van der Waals surface area contributed by atoms with Gasteiger partial charge in [-0.15, -0.1) is 0 Å². The molecule has 0 spiro atoms. The van der Waals surface area contributed by atoms with Crippen LogP contribution in [-0.2, 0) is 16.0 Å². The highest BCUT2D eigenvalue weighted by Gasteiger charge is 2.34. The number of carbonyl (C=O) groups excluding carboxylic acids is 2. The van der Waals surface area contributed by atoms with E-state index in [0.717, 1.165) is 17.7 Å². The van der Waals surface area contributed by atoms with E-state index < -0.39 is 6.29 Å². The zero-order chi connectivity index (χ0) is 18.7. The second-order valence-corrected chi connectivity index (χ2v) is 6.71. The van der Waals surface area contributed by atoms with Crippen LogP contribution in [0.3, 0.4) is 0 Å². The number of anilines is 1. The van der Waals surface area contributed by atoms with Crippen LogP contribution in [0, 0.1) is 12.8 Å². The fourth-order valence-corrected chi connectivity index (χ4v) is 3.32. The van der Waals surface area contributed by atoms with E-state index in [0.29, 0.717) is 5.82 Å². The Balaban J connectivity index is 1.74. The van der Waals surface area contributed by atoms with Gasteiger partial charge in [-0.25, -0.2) is 4.68 Å². The number of nitrogens with zero attached hydrogens (tertiary/aromatic N) is 2. The van der Waals surface area contributed by atoms with Crippen molar-refractivity contribution in [3.63, 3.8) is 0 Å². The van der Waals surface area contributed by atoms with E-state index in [9.17, 15) is 9.59 Å². The number of rotatable bonds is 5. The molecular formula is C19H25N5O2. The van der Waals surface area contributed by atoms with Crippen molar-refractivity contribution in [3.8, 4) is 0 Å². The lowest BCUT2D eigenvalue weighted by Gasteiger charge is -2.35. The number of aromatic nitrogens is 2. The Hall–Kier alpha value is -2.67. The van der Waals surface area contributed by atoms with Gasteiger partial charge in [0, 0.05) is 12.1 Å². The Labute approximate surface area is 153 Å². The van der Waals surface area contributed by atoms with E-state index in [1.807, 2.05) is 51.1 Å². The number of benzene rings is 1. The zero-order valence-corrected chi connectivity index (χ0v) is 15.3. The number of nitrogens with one attached hydrogen (secondary N) is 3. The van der Waals surface area contributed by atoms with E-state index in [1.165, 1.54) is 0 Å². The Morgan fingerprint density at radius 2 is 2.04 bits per heavy atom. The van der Waals surface area contributed by atoms with E-state index in [-0.39, 0.29) is 30.2 Å². The largest absolute Gasteiger partial charge is 0.322 e. The molecule has 3 N–H and O–H groups in total. The predicted octanol–water partition coefficient (Wildman–Crippen LogP) is 1.96. The summed E-state index contributed by atoms with van der Waals surface area (Å²) in [5, 5.41) is 13.6. The molecule has 3 unspecified atom stereocenters. The molecule has 0 saturated carbocycles. The molecule has 2 amide bonds. The molecule has 3 atom stereocenters. The van der Waals surface area contributed by atoms with Gasteiger partial charge in [-0.3, -0.25) is 14.9 Å². The van der Waals surface area contributed by atoms with Gasteiger partial charge in [-0.1, -0.05) is 37.3 Å². The highest BCUT2D eigenvalue weighted by atomic mass is 16.2. The van der Waals surface area contributed by atoms with Crippen molar-refractivity contribution in [3.05, 3.63) is 47.7 Å². The summed E-state index contributed by atoms with van der Waals surface area (Å²) < 4.78 is 1.62. The van der Waals surface area contributed by atoms with Crippen molar-refractivity contribution >= 4 is 17.6 Å². The van der Waals surface area contributed by atoms with Gasteiger partial charge in [0.25, 0.3) is 0 Å². The first kappa shape index (κ1) is 18.1. The molecule has 26 heavy (non-hydrogen) atoms. The first-order chi connectivity index (χ1) is 12.5. The summed E-state index contributed by atoms with van der Waals surface area (Å²) in [4.78, 5) is 24.7. The van der Waals surface area contributed by atoms with Gasteiger partial charge in [0.2, 0.25) is 11.8 Å². The number of amides is 2.